The molecule has 1 aromatic carbocycles. The fourth-order valence-electron chi connectivity index (χ4n) is 2.39. The van der Waals surface area contributed by atoms with Crippen molar-refractivity contribution in [2.45, 2.75) is 25.4 Å². The zero-order valence-corrected chi connectivity index (χ0v) is 11.9. The number of aliphatic hydroxyl groups excluding tert-OH is 1. The number of sulfone groups is 1. The molecule has 0 saturated carbocycles. The lowest BCUT2D eigenvalue weighted by molar-refractivity contribution is 0.0584. The van der Waals surface area contributed by atoms with Crippen LogP contribution in [0.5, 0.6) is 5.75 Å². The second-order valence-electron chi connectivity index (χ2n) is 5.22. The van der Waals surface area contributed by atoms with E-state index in [0.29, 0.717) is 19.4 Å². The molecule has 2 atom stereocenters. The third kappa shape index (κ3) is 4.21. The number of benzene rings is 1. The molecule has 1 aliphatic rings. The van der Waals surface area contributed by atoms with Crippen LogP contribution in [0.15, 0.2) is 24.3 Å². The van der Waals surface area contributed by atoms with Crippen molar-refractivity contribution < 1.29 is 18.3 Å². The van der Waals surface area contributed by atoms with Gasteiger partial charge in [-0.25, -0.2) is 8.42 Å². The lowest BCUT2D eigenvalue weighted by Gasteiger charge is -2.28. The molecule has 0 aliphatic carbocycles. The lowest BCUT2D eigenvalue weighted by atomic mass is 9.90. The van der Waals surface area contributed by atoms with Gasteiger partial charge in [-0.05, 0) is 30.9 Å². The van der Waals surface area contributed by atoms with E-state index in [1.54, 1.807) is 0 Å². The van der Waals surface area contributed by atoms with Crippen LogP contribution in [0.4, 0.5) is 0 Å². The van der Waals surface area contributed by atoms with Gasteiger partial charge in [-0.2, -0.15) is 0 Å². The average molecular weight is 284 g/mol. The van der Waals surface area contributed by atoms with Crippen LogP contribution in [0.1, 0.15) is 18.4 Å². The molecule has 4 nitrogen and oxygen atoms in total. The minimum Gasteiger partial charge on any atom is -0.493 e. The van der Waals surface area contributed by atoms with Gasteiger partial charge in [0.15, 0.2) is 0 Å². The maximum Gasteiger partial charge on any atom is 0.147 e. The van der Waals surface area contributed by atoms with Gasteiger partial charge in [0.05, 0.1) is 12.7 Å². The van der Waals surface area contributed by atoms with Crippen LogP contribution in [-0.4, -0.2) is 38.2 Å². The summed E-state index contributed by atoms with van der Waals surface area (Å²) in [6.07, 6.45) is 2.51. The number of hydrogen-bond acceptors (Lipinski definition) is 4. The Hall–Kier alpha value is -1.07. The predicted molar refractivity (Wildman–Crippen MR) is 74.1 cm³/mol. The molecule has 2 unspecified atom stereocenters. The molecule has 5 heteroatoms. The molecule has 1 N–H and O–H groups in total. The van der Waals surface area contributed by atoms with Gasteiger partial charge >= 0.3 is 0 Å². The van der Waals surface area contributed by atoms with E-state index in [9.17, 15) is 13.5 Å². The number of hydrogen-bond donors (Lipinski definition) is 1. The molecule has 0 saturated heterocycles. The van der Waals surface area contributed by atoms with Crippen LogP contribution in [0.3, 0.4) is 0 Å². The molecular weight excluding hydrogens is 264 g/mol. The van der Waals surface area contributed by atoms with Crippen LogP contribution in [0, 0.1) is 5.92 Å². The molecule has 0 spiro atoms. The SMILES string of the molecule is CS(=O)(=O)CCCC(O)C1COc2ccccc2C1. The van der Waals surface area contributed by atoms with E-state index in [4.69, 9.17) is 4.74 Å². The number of fused-ring (bicyclic) bond motifs is 1. The molecule has 0 fully saturated rings. The second-order valence-corrected chi connectivity index (χ2v) is 7.48. The second kappa shape index (κ2) is 5.92. The topological polar surface area (TPSA) is 63.6 Å². The van der Waals surface area contributed by atoms with Gasteiger partial charge in [-0.3, -0.25) is 0 Å². The first-order valence-electron chi connectivity index (χ1n) is 6.52. The highest BCUT2D eigenvalue weighted by Gasteiger charge is 2.25. The van der Waals surface area contributed by atoms with Crippen molar-refractivity contribution in [2.24, 2.45) is 5.92 Å². The molecule has 1 aromatic rings. The van der Waals surface area contributed by atoms with E-state index in [-0.39, 0.29) is 11.7 Å². The van der Waals surface area contributed by atoms with E-state index >= 15 is 0 Å². The molecule has 1 aliphatic heterocycles. The summed E-state index contributed by atoms with van der Waals surface area (Å²) in [6, 6.07) is 7.83. The zero-order valence-electron chi connectivity index (χ0n) is 11.1. The molecule has 0 aromatic heterocycles. The summed E-state index contributed by atoms with van der Waals surface area (Å²) in [4.78, 5) is 0. The molecule has 0 radical (unpaired) electrons. The standard InChI is InChI=1S/C14H20O4S/c1-19(16,17)8-4-6-13(15)12-9-11-5-2-3-7-14(11)18-10-12/h2-3,5,7,12-13,15H,4,6,8-10H2,1H3. The summed E-state index contributed by atoms with van der Waals surface area (Å²) in [7, 11) is -2.94. The van der Waals surface area contributed by atoms with E-state index in [2.05, 4.69) is 0 Å². The number of ether oxygens (including phenoxy) is 1. The van der Waals surface area contributed by atoms with E-state index in [1.165, 1.54) is 6.26 Å². The third-order valence-corrected chi connectivity index (χ3v) is 4.50. The van der Waals surface area contributed by atoms with Crippen molar-refractivity contribution >= 4 is 9.84 Å². The zero-order chi connectivity index (χ0) is 13.9. The van der Waals surface area contributed by atoms with Crippen LogP contribution in [0.25, 0.3) is 0 Å². The highest BCUT2D eigenvalue weighted by molar-refractivity contribution is 7.90. The monoisotopic (exact) mass is 284 g/mol. The molecular formula is C14H20O4S. The van der Waals surface area contributed by atoms with Gasteiger partial charge in [0.2, 0.25) is 0 Å². The minimum atomic E-state index is -2.94. The number of rotatable bonds is 5. The Kier molecular flexibility index (Phi) is 4.47. The highest BCUT2D eigenvalue weighted by Crippen LogP contribution is 2.29. The largest absolute Gasteiger partial charge is 0.493 e. The first-order valence-corrected chi connectivity index (χ1v) is 8.58. The van der Waals surface area contributed by atoms with Crippen LogP contribution < -0.4 is 4.74 Å². The summed E-state index contributed by atoms with van der Waals surface area (Å²) in [6.45, 7) is 0.497. The molecule has 1 heterocycles. The van der Waals surface area contributed by atoms with Gasteiger partial charge in [0.1, 0.15) is 15.6 Å². The van der Waals surface area contributed by atoms with Gasteiger partial charge in [-0.15, -0.1) is 0 Å². The Morgan fingerprint density at radius 1 is 1.42 bits per heavy atom. The quantitative estimate of drug-likeness (QED) is 0.888. The number of aliphatic hydroxyl groups is 1. The molecule has 0 bridgehead atoms. The minimum absolute atomic E-state index is 0.0504. The first-order chi connectivity index (χ1) is 8.96. The highest BCUT2D eigenvalue weighted by atomic mass is 32.2. The van der Waals surface area contributed by atoms with Crippen LogP contribution in [0.2, 0.25) is 0 Å². The van der Waals surface area contributed by atoms with Crippen molar-refractivity contribution in [1.82, 2.24) is 0 Å². The van der Waals surface area contributed by atoms with Crippen molar-refractivity contribution in [3.8, 4) is 5.75 Å². The first kappa shape index (κ1) is 14.3. The Labute approximate surface area is 114 Å². The Bertz CT molecular complexity index is 524. The normalized spacial score (nSPS) is 20.4. The Morgan fingerprint density at radius 2 is 2.16 bits per heavy atom. The molecule has 2 rings (SSSR count). The summed E-state index contributed by atoms with van der Waals surface area (Å²) < 4.78 is 27.7. The van der Waals surface area contributed by atoms with Gasteiger partial charge in [0.25, 0.3) is 0 Å². The summed E-state index contributed by atoms with van der Waals surface area (Å²) in [5.41, 5.74) is 1.11. The van der Waals surface area contributed by atoms with Crippen molar-refractivity contribution in [2.75, 3.05) is 18.6 Å². The molecule has 19 heavy (non-hydrogen) atoms. The summed E-state index contributed by atoms with van der Waals surface area (Å²) in [5.74, 6) is 1.07. The predicted octanol–water partition coefficient (Wildman–Crippen LogP) is 1.42. The lowest BCUT2D eigenvalue weighted by Crippen LogP contribution is -2.31. The van der Waals surface area contributed by atoms with Gasteiger partial charge in [-0.1, -0.05) is 18.2 Å². The smallest absolute Gasteiger partial charge is 0.147 e. The van der Waals surface area contributed by atoms with Crippen LogP contribution in [-0.2, 0) is 16.3 Å². The van der Waals surface area contributed by atoms with Crippen LogP contribution >= 0.6 is 0 Å². The Balaban J connectivity index is 1.87. The fraction of sp³-hybridized carbons (Fsp3) is 0.571. The van der Waals surface area contributed by atoms with E-state index in [1.807, 2.05) is 24.3 Å². The maximum atomic E-state index is 11.0. The average Bonchev–Trinajstić information content (AvgIpc) is 2.36. The van der Waals surface area contributed by atoms with Gasteiger partial charge < -0.3 is 9.84 Å². The van der Waals surface area contributed by atoms with Crippen molar-refractivity contribution in [1.29, 1.82) is 0 Å². The number of para-hydroxylation sites is 1. The van der Waals surface area contributed by atoms with Gasteiger partial charge in [0, 0.05) is 17.9 Å². The van der Waals surface area contributed by atoms with Crippen molar-refractivity contribution in [3.05, 3.63) is 29.8 Å². The summed E-state index contributed by atoms with van der Waals surface area (Å²) >= 11 is 0. The van der Waals surface area contributed by atoms with Crippen molar-refractivity contribution in [3.63, 3.8) is 0 Å². The molecule has 106 valence electrons. The third-order valence-electron chi connectivity index (χ3n) is 3.47. The van der Waals surface area contributed by atoms with E-state index in [0.717, 1.165) is 17.7 Å². The Morgan fingerprint density at radius 3 is 2.89 bits per heavy atom. The van der Waals surface area contributed by atoms with E-state index < -0.39 is 15.9 Å². The maximum absolute atomic E-state index is 11.0. The fourth-order valence-corrected chi connectivity index (χ4v) is 3.08. The molecule has 0 amide bonds. The summed E-state index contributed by atoms with van der Waals surface area (Å²) in [5, 5.41) is 10.1.